The molecule has 0 aliphatic carbocycles. The summed E-state index contributed by atoms with van der Waals surface area (Å²) in [4.78, 5) is 0. The molecule has 0 aromatic rings. The van der Waals surface area contributed by atoms with Gasteiger partial charge in [0.15, 0.2) is 6.29 Å². The Bertz CT molecular complexity index is 168. The van der Waals surface area contributed by atoms with Gasteiger partial charge in [0.1, 0.15) is 0 Å². The van der Waals surface area contributed by atoms with Gasteiger partial charge in [0, 0.05) is 19.6 Å². The third kappa shape index (κ3) is 10.1. The van der Waals surface area contributed by atoms with Gasteiger partial charge >= 0.3 is 0 Å². The summed E-state index contributed by atoms with van der Waals surface area (Å²) in [5.74, 6) is 0. The van der Waals surface area contributed by atoms with E-state index in [1.807, 2.05) is 13.8 Å². The molecular weight excluding hydrogens is 204 g/mol. The zero-order chi connectivity index (χ0) is 12.2. The molecule has 0 spiro atoms. The molecule has 0 fully saturated rings. The van der Waals surface area contributed by atoms with Gasteiger partial charge in [-0.05, 0) is 34.1 Å². The molecule has 3 heteroatoms. The van der Waals surface area contributed by atoms with Crippen LogP contribution < -0.4 is 0 Å². The Kier molecular flexibility index (Phi) is 10.9. The van der Waals surface area contributed by atoms with Crippen LogP contribution in [0.4, 0.5) is 0 Å². The smallest absolute Gasteiger partial charge is 0.159 e. The summed E-state index contributed by atoms with van der Waals surface area (Å²) >= 11 is 0. The van der Waals surface area contributed by atoms with Crippen LogP contribution in [0.15, 0.2) is 11.6 Å². The van der Waals surface area contributed by atoms with Gasteiger partial charge < -0.3 is 14.2 Å². The van der Waals surface area contributed by atoms with Crippen LogP contribution in [0.3, 0.4) is 0 Å². The molecule has 0 N–H and O–H groups in total. The number of rotatable bonds is 10. The molecule has 0 aliphatic heterocycles. The summed E-state index contributed by atoms with van der Waals surface area (Å²) in [6.45, 7) is 11.0. The summed E-state index contributed by atoms with van der Waals surface area (Å²) in [6, 6.07) is 0. The van der Waals surface area contributed by atoms with Crippen molar-refractivity contribution >= 4 is 0 Å². The zero-order valence-corrected chi connectivity index (χ0v) is 11.1. The highest BCUT2D eigenvalue weighted by atomic mass is 16.7. The lowest BCUT2D eigenvalue weighted by molar-refractivity contribution is -0.146. The maximum absolute atomic E-state index is 5.50. The third-order valence-corrected chi connectivity index (χ3v) is 2.02. The van der Waals surface area contributed by atoms with E-state index in [1.54, 1.807) is 0 Å². The highest BCUT2D eigenvalue weighted by Crippen LogP contribution is 2.02. The SMILES string of the molecule is CCOC(CCOCCC=C(C)C)OCC. The van der Waals surface area contributed by atoms with Crippen molar-refractivity contribution in [1.29, 1.82) is 0 Å². The molecular formula is C13H26O3. The van der Waals surface area contributed by atoms with Crippen molar-refractivity contribution in [2.75, 3.05) is 26.4 Å². The molecule has 3 nitrogen and oxygen atoms in total. The molecule has 16 heavy (non-hydrogen) atoms. The Balaban J connectivity index is 3.43. The topological polar surface area (TPSA) is 27.7 Å². The third-order valence-electron chi connectivity index (χ3n) is 2.02. The van der Waals surface area contributed by atoms with Crippen molar-refractivity contribution in [2.24, 2.45) is 0 Å². The minimum absolute atomic E-state index is 0.113. The van der Waals surface area contributed by atoms with E-state index in [1.165, 1.54) is 5.57 Å². The summed E-state index contributed by atoms with van der Waals surface area (Å²) in [6.07, 6.45) is 3.86. The summed E-state index contributed by atoms with van der Waals surface area (Å²) in [5.41, 5.74) is 1.34. The maximum Gasteiger partial charge on any atom is 0.159 e. The van der Waals surface area contributed by atoms with E-state index in [9.17, 15) is 0 Å². The first-order chi connectivity index (χ1) is 7.70. The molecule has 0 rings (SSSR count). The lowest BCUT2D eigenvalue weighted by atomic mass is 10.3. The molecule has 0 saturated heterocycles. The van der Waals surface area contributed by atoms with Crippen molar-refractivity contribution in [3.63, 3.8) is 0 Å². The lowest BCUT2D eigenvalue weighted by Gasteiger charge is -2.16. The monoisotopic (exact) mass is 230 g/mol. The summed E-state index contributed by atoms with van der Waals surface area (Å²) < 4.78 is 16.3. The van der Waals surface area contributed by atoms with Crippen LogP contribution in [0, 0.1) is 0 Å². The van der Waals surface area contributed by atoms with E-state index < -0.39 is 0 Å². The van der Waals surface area contributed by atoms with Crippen molar-refractivity contribution in [3.8, 4) is 0 Å². The van der Waals surface area contributed by atoms with Gasteiger partial charge in [0.2, 0.25) is 0 Å². The Hall–Kier alpha value is -0.380. The minimum Gasteiger partial charge on any atom is -0.381 e. The maximum atomic E-state index is 5.50. The fourth-order valence-corrected chi connectivity index (χ4v) is 1.30. The standard InChI is InChI=1S/C13H26O3/c1-5-15-13(16-6-2)9-11-14-10-7-8-12(3)4/h8,13H,5-7,9-11H2,1-4H3. The fraction of sp³-hybridized carbons (Fsp3) is 0.846. The van der Waals surface area contributed by atoms with E-state index in [4.69, 9.17) is 14.2 Å². The zero-order valence-electron chi connectivity index (χ0n) is 11.1. The van der Waals surface area contributed by atoms with Gasteiger partial charge in [-0.3, -0.25) is 0 Å². The van der Waals surface area contributed by atoms with Crippen LogP contribution in [0.25, 0.3) is 0 Å². The van der Waals surface area contributed by atoms with Crippen LogP contribution >= 0.6 is 0 Å². The van der Waals surface area contributed by atoms with Crippen LogP contribution in [-0.4, -0.2) is 32.7 Å². The highest BCUT2D eigenvalue weighted by Gasteiger charge is 2.06. The average Bonchev–Trinajstić information content (AvgIpc) is 2.23. The van der Waals surface area contributed by atoms with Crippen molar-refractivity contribution in [1.82, 2.24) is 0 Å². The van der Waals surface area contributed by atoms with Gasteiger partial charge in [-0.2, -0.15) is 0 Å². The van der Waals surface area contributed by atoms with Crippen molar-refractivity contribution in [3.05, 3.63) is 11.6 Å². The molecule has 96 valence electrons. The van der Waals surface area contributed by atoms with Gasteiger partial charge in [0.25, 0.3) is 0 Å². The van der Waals surface area contributed by atoms with E-state index >= 15 is 0 Å². The number of hydrogen-bond acceptors (Lipinski definition) is 3. The second-order valence-electron chi connectivity index (χ2n) is 3.81. The normalized spacial score (nSPS) is 10.8. The minimum atomic E-state index is -0.113. The van der Waals surface area contributed by atoms with Crippen LogP contribution in [-0.2, 0) is 14.2 Å². The summed E-state index contributed by atoms with van der Waals surface area (Å²) in [7, 11) is 0. The van der Waals surface area contributed by atoms with E-state index in [2.05, 4.69) is 19.9 Å². The van der Waals surface area contributed by atoms with E-state index in [0.717, 1.165) is 19.4 Å². The molecule has 0 bridgehead atoms. The number of hydrogen-bond donors (Lipinski definition) is 0. The van der Waals surface area contributed by atoms with E-state index in [0.29, 0.717) is 19.8 Å². The molecule has 0 unspecified atom stereocenters. The Morgan fingerprint density at radius 2 is 1.69 bits per heavy atom. The largest absolute Gasteiger partial charge is 0.381 e. The van der Waals surface area contributed by atoms with Gasteiger partial charge in [-0.15, -0.1) is 0 Å². The second kappa shape index (κ2) is 11.1. The molecule has 0 atom stereocenters. The molecule has 0 heterocycles. The van der Waals surface area contributed by atoms with Gasteiger partial charge in [-0.25, -0.2) is 0 Å². The fourth-order valence-electron chi connectivity index (χ4n) is 1.30. The van der Waals surface area contributed by atoms with Crippen LogP contribution in [0.2, 0.25) is 0 Å². The molecule has 0 radical (unpaired) electrons. The molecule has 0 aliphatic rings. The summed E-state index contributed by atoms with van der Waals surface area (Å²) in [5, 5.41) is 0. The Morgan fingerprint density at radius 1 is 1.06 bits per heavy atom. The highest BCUT2D eigenvalue weighted by molar-refractivity contribution is 4.92. The Labute approximate surface area is 99.8 Å². The number of ether oxygens (including phenoxy) is 3. The molecule has 0 saturated carbocycles. The van der Waals surface area contributed by atoms with Gasteiger partial charge in [0.05, 0.1) is 13.2 Å². The van der Waals surface area contributed by atoms with Crippen LogP contribution in [0.1, 0.15) is 40.5 Å². The first-order valence-electron chi connectivity index (χ1n) is 6.15. The number of allylic oxidation sites excluding steroid dienone is 1. The first-order valence-corrected chi connectivity index (χ1v) is 6.15. The van der Waals surface area contributed by atoms with Crippen molar-refractivity contribution < 1.29 is 14.2 Å². The quantitative estimate of drug-likeness (QED) is 0.328. The van der Waals surface area contributed by atoms with E-state index in [-0.39, 0.29) is 6.29 Å². The van der Waals surface area contributed by atoms with Gasteiger partial charge in [-0.1, -0.05) is 11.6 Å². The molecule has 0 amide bonds. The molecule has 0 aromatic carbocycles. The predicted octanol–water partition coefficient (Wildman–Crippen LogP) is 3.15. The predicted molar refractivity (Wildman–Crippen MR) is 66.5 cm³/mol. The van der Waals surface area contributed by atoms with Crippen LogP contribution in [0.5, 0.6) is 0 Å². The Morgan fingerprint density at radius 3 is 2.19 bits per heavy atom. The first kappa shape index (κ1) is 15.6. The molecule has 0 aromatic heterocycles. The average molecular weight is 230 g/mol. The lowest BCUT2D eigenvalue weighted by Crippen LogP contribution is -2.19. The second-order valence-corrected chi connectivity index (χ2v) is 3.81. The van der Waals surface area contributed by atoms with Crippen molar-refractivity contribution in [2.45, 2.75) is 46.8 Å².